The molecule has 0 saturated carbocycles. The van der Waals surface area contributed by atoms with Crippen molar-refractivity contribution in [1.82, 2.24) is 0 Å². The molecule has 0 amide bonds. The van der Waals surface area contributed by atoms with Crippen LogP contribution in [-0.2, 0) is 6.54 Å². The van der Waals surface area contributed by atoms with E-state index in [2.05, 4.69) is 269 Å². The number of nitrogens with zero attached hydrogens (tertiary/aromatic N) is 4. The largest absolute Gasteiger partial charge is 0.337 e. The molecule has 0 radical (unpaired) electrons. The predicted octanol–water partition coefficient (Wildman–Crippen LogP) is 15.6. The lowest BCUT2D eigenvalue weighted by Crippen LogP contribution is -2.17. The Morgan fingerprint density at radius 2 is 0.650 bits per heavy atom. The van der Waals surface area contributed by atoms with Gasteiger partial charge in [0.15, 0.2) is 0 Å². The first-order valence-corrected chi connectivity index (χ1v) is 20.8. The zero-order chi connectivity index (χ0) is 40.5. The molecule has 8 aromatic carbocycles. The zero-order valence-corrected chi connectivity index (χ0v) is 33.9. The van der Waals surface area contributed by atoms with Crippen molar-refractivity contribution in [2.75, 3.05) is 19.6 Å². The lowest BCUT2D eigenvalue weighted by atomic mass is 10.0. The molecule has 4 heteroatoms. The molecule has 1 unspecified atom stereocenters. The first-order chi connectivity index (χ1) is 29.7. The van der Waals surface area contributed by atoms with Crippen LogP contribution in [0.25, 0.3) is 0 Å². The molecule has 60 heavy (non-hydrogen) atoms. The average Bonchev–Trinajstić information content (AvgIpc) is 3.32. The van der Waals surface area contributed by atoms with Crippen LogP contribution in [0.3, 0.4) is 0 Å². The molecule has 0 N–H and O–H groups in total. The molecule has 0 aromatic heterocycles. The highest BCUT2D eigenvalue weighted by Crippen LogP contribution is 2.41. The van der Waals surface area contributed by atoms with Gasteiger partial charge in [0.2, 0.25) is 0 Å². The van der Waals surface area contributed by atoms with E-state index in [1.807, 2.05) is 0 Å². The second-order valence-electron chi connectivity index (χ2n) is 15.2. The topological polar surface area (TPSA) is 13.0 Å². The quantitative estimate of drug-likeness (QED) is 0.116. The van der Waals surface area contributed by atoms with Crippen molar-refractivity contribution in [2.24, 2.45) is 5.92 Å². The van der Waals surface area contributed by atoms with E-state index in [-0.39, 0.29) is 0 Å². The van der Waals surface area contributed by atoms with Crippen molar-refractivity contribution in [2.45, 2.75) is 19.9 Å². The maximum Gasteiger partial charge on any atom is 0.0481 e. The van der Waals surface area contributed by atoms with Gasteiger partial charge in [0.25, 0.3) is 0 Å². The van der Waals surface area contributed by atoms with Gasteiger partial charge in [-0.25, -0.2) is 0 Å². The SMILES string of the molecule is CC1C=CC(N(c2ccccc2)c2ccc(N(c3ccc(N(Cc4ccccc4)c4ccccc4)cc3)c3ccc(N(c4ccccc4)c4ccccc4)cc3)cc2)=CC1. The summed E-state index contributed by atoms with van der Waals surface area (Å²) in [4.78, 5) is 9.38. The Morgan fingerprint density at radius 3 is 1.03 bits per heavy atom. The van der Waals surface area contributed by atoms with Crippen molar-refractivity contribution in [3.8, 4) is 0 Å². The maximum atomic E-state index is 2.38. The summed E-state index contributed by atoms with van der Waals surface area (Å²) in [6.07, 6.45) is 7.94. The molecule has 8 aromatic rings. The molecule has 4 nitrogen and oxygen atoms in total. The highest BCUT2D eigenvalue weighted by atomic mass is 15.2. The maximum absolute atomic E-state index is 2.38. The van der Waals surface area contributed by atoms with Crippen molar-refractivity contribution in [3.63, 3.8) is 0 Å². The number of para-hydroxylation sites is 4. The van der Waals surface area contributed by atoms with Crippen molar-refractivity contribution in [1.29, 1.82) is 0 Å². The van der Waals surface area contributed by atoms with E-state index in [1.165, 1.54) is 11.3 Å². The van der Waals surface area contributed by atoms with Crippen molar-refractivity contribution >= 4 is 56.9 Å². The average molecular weight is 777 g/mol. The number of rotatable bonds is 13. The van der Waals surface area contributed by atoms with Crippen LogP contribution in [0.5, 0.6) is 0 Å². The molecule has 1 aliphatic carbocycles. The van der Waals surface area contributed by atoms with Crippen LogP contribution in [0.4, 0.5) is 56.9 Å². The highest BCUT2D eigenvalue weighted by Gasteiger charge is 2.20. The molecule has 292 valence electrons. The number of hydrogen-bond acceptors (Lipinski definition) is 4. The summed E-state index contributed by atoms with van der Waals surface area (Å²) < 4.78 is 0. The van der Waals surface area contributed by atoms with Gasteiger partial charge in [-0.3, -0.25) is 0 Å². The van der Waals surface area contributed by atoms with E-state index in [0.29, 0.717) is 5.92 Å². The number of anilines is 10. The lowest BCUT2D eigenvalue weighted by molar-refractivity contribution is 0.728. The Morgan fingerprint density at radius 1 is 0.350 bits per heavy atom. The smallest absolute Gasteiger partial charge is 0.0481 e. The first-order valence-electron chi connectivity index (χ1n) is 20.8. The van der Waals surface area contributed by atoms with Gasteiger partial charge in [-0.15, -0.1) is 0 Å². The summed E-state index contributed by atoms with van der Waals surface area (Å²) in [7, 11) is 0. The molecule has 0 aliphatic heterocycles. The second kappa shape index (κ2) is 17.9. The summed E-state index contributed by atoms with van der Waals surface area (Å²) in [6, 6.07) is 80.0. The number of benzene rings is 8. The lowest BCUT2D eigenvalue weighted by Gasteiger charge is -2.31. The van der Waals surface area contributed by atoms with Gasteiger partial charge < -0.3 is 19.6 Å². The van der Waals surface area contributed by atoms with E-state index in [1.54, 1.807) is 0 Å². The van der Waals surface area contributed by atoms with Crippen LogP contribution in [0.1, 0.15) is 18.9 Å². The molecular formula is C56H48N4. The second-order valence-corrected chi connectivity index (χ2v) is 15.2. The molecule has 0 heterocycles. The van der Waals surface area contributed by atoms with Gasteiger partial charge in [-0.2, -0.15) is 0 Å². The van der Waals surface area contributed by atoms with Crippen LogP contribution < -0.4 is 19.6 Å². The zero-order valence-electron chi connectivity index (χ0n) is 33.9. The summed E-state index contributed by atoms with van der Waals surface area (Å²) in [5.41, 5.74) is 13.5. The third kappa shape index (κ3) is 8.50. The predicted molar refractivity (Wildman–Crippen MR) is 254 cm³/mol. The minimum Gasteiger partial charge on any atom is -0.337 e. The molecule has 0 fully saturated rings. The van der Waals surface area contributed by atoms with Crippen LogP contribution in [0, 0.1) is 5.92 Å². The number of allylic oxidation sites excluding steroid dienone is 3. The standard InChI is InChI=1S/C56H48N4/c1-44-27-29-51(30-28-44)59(50-25-15-6-16-26-50)54-37-41-56(42-38-54)60(55-39-35-53(36-40-55)58(48-21-11-4-12-22-48)49-23-13-5-14-24-49)52-33-31-47(32-34-52)57(46-19-9-3-10-20-46)43-45-17-7-2-8-18-45/h2-27,29-42,44H,28,43H2,1H3. The molecule has 9 rings (SSSR count). The summed E-state index contributed by atoms with van der Waals surface area (Å²) in [5.74, 6) is 0.533. The fourth-order valence-corrected chi connectivity index (χ4v) is 7.94. The van der Waals surface area contributed by atoms with Crippen LogP contribution >= 0.6 is 0 Å². The van der Waals surface area contributed by atoms with E-state index in [0.717, 1.165) is 69.8 Å². The molecule has 1 aliphatic rings. The fourth-order valence-electron chi connectivity index (χ4n) is 7.94. The Hall–Kier alpha value is -7.56. The Kier molecular flexibility index (Phi) is 11.3. The summed E-state index contributed by atoms with van der Waals surface area (Å²) in [5, 5.41) is 0. The van der Waals surface area contributed by atoms with Gasteiger partial charge in [-0.1, -0.05) is 122 Å². The first kappa shape index (κ1) is 38.0. The van der Waals surface area contributed by atoms with E-state index >= 15 is 0 Å². The summed E-state index contributed by atoms with van der Waals surface area (Å²) >= 11 is 0. The van der Waals surface area contributed by atoms with Crippen molar-refractivity contribution < 1.29 is 0 Å². The van der Waals surface area contributed by atoms with E-state index in [9.17, 15) is 0 Å². The molecule has 0 spiro atoms. The van der Waals surface area contributed by atoms with Gasteiger partial charge in [0.1, 0.15) is 0 Å². The third-order valence-electron chi connectivity index (χ3n) is 11.0. The van der Waals surface area contributed by atoms with Crippen LogP contribution in [-0.4, -0.2) is 0 Å². The molecule has 0 bridgehead atoms. The Bertz CT molecular complexity index is 2590. The van der Waals surface area contributed by atoms with Crippen LogP contribution in [0.2, 0.25) is 0 Å². The van der Waals surface area contributed by atoms with E-state index < -0.39 is 0 Å². The van der Waals surface area contributed by atoms with Gasteiger partial charge in [-0.05, 0) is 145 Å². The van der Waals surface area contributed by atoms with Crippen molar-refractivity contribution in [3.05, 3.63) is 254 Å². The van der Waals surface area contributed by atoms with Gasteiger partial charge in [0, 0.05) is 69.1 Å². The normalized spacial score (nSPS) is 13.3. The molecule has 0 saturated heterocycles. The molecule has 1 atom stereocenters. The fraction of sp³-hybridized carbons (Fsp3) is 0.0714. The minimum atomic E-state index is 0.533. The van der Waals surface area contributed by atoms with Gasteiger partial charge in [0.05, 0.1) is 0 Å². The molecular weight excluding hydrogens is 729 g/mol. The minimum absolute atomic E-state index is 0.533. The monoisotopic (exact) mass is 776 g/mol. The third-order valence-corrected chi connectivity index (χ3v) is 11.0. The Balaban J connectivity index is 1.11. The van der Waals surface area contributed by atoms with E-state index in [4.69, 9.17) is 0 Å². The van der Waals surface area contributed by atoms with Crippen LogP contribution in [0.15, 0.2) is 248 Å². The van der Waals surface area contributed by atoms with Gasteiger partial charge >= 0.3 is 0 Å². The highest BCUT2D eigenvalue weighted by molar-refractivity contribution is 5.83. The summed E-state index contributed by atoms with van der Waals surface area (Å²) in [6.45, 7) is 3.03. The number of hydrogen-bond donors (Lipinski definition) is 0. The Labute approximate surface area is 354 Å².